The number of ether oxygens (including phenoxy) is 1. The monoisotopic (exact) mass is 280 g/mol. The molecule has 0 aliphatic carbocycles. The molecule has 0 aromatic carbocycles. The number of amides is 1. The van der Waals surface area contributed by atoms with Crippen LogP contribution in [0.15, 0.2) is 0 Å². The van der Waals surface area contributed by atoms with Crippen LogP contribution in [0.3, 0.4) is 0 Å². The second kappa shape index (κ2) is 6.85. The summed E-state index contributed by atoms with van der Waals surface area (Å²) in [6, 6.07) is 0. The average Bonchev–Trinajstić information content (AvgIpc) is 2.66. The number of H-pyrrole nitrogens is 1. The lowest BCUT2D eigenvalue weighted by Gasteiger charge is -2.22. The zero-order chi connectivity index (χ0) is 14.5. The topological polar surface area (TPSA) is 61.5 Å². The largest absolute Gasteiger partial charge is 0.383 e. The summed E-state index contributed by atoms with van der Waals surface area (Å²) in [6.07, 6.45) is 1.01. The van der Waals surface area contributed by atoms with Gasteiger partial charge in [0.05, 0.1) is 17.9 Å². The molecule has 20 heavy (non-hydrogen) atoms. The molecule has 1 N–H and O–H groups in total. The Morgan fingerprint density at radius 1 is 1.30 bits per heavy atom. The van der Waals surface area contributed by atoms with Crippen molar-refractivity contribution >= 4 is 5.91 Å². The summed E-state index contributed by atoms with van der Waals surface area (Å²) >= 11 is 0. The van der Waals surface area contributed by atoms with E-state index in [1.165, 1.54) is 0 Å². The zero-order valence-electron chi connectivity index (χ0n) is 12.6. The number of nitrogens with one attached hydrogen (secondary N) is 1. The molecule has 1 amide bonds. The van der Waals surface area contributed by atoms with Crippen molar-refractivity contribution in [1.29, 1.82) is 0 Å². The van der Waals surface area contributed by atoms with Gasteiger partial charge in [-0.05, 0) is 26.8 Å². The van der Waals surface area contributed by atoms with E-state index >= 15 is 0 Å². The Balaban J connectivity index is 1.98. The highest BCUT2D eigenvalue weighted by Gasteiger charge is 2.23. The highest BCUT2D eigenvalue weighted by Crippen LogP contribution is 2.14. The molecule has 0 saturated carbocycles. The van der Waals surface area contributed by atoms with Crippen LogP contribution in [0.1, 0.15) is 28.2 Å². The number of aryl methyl sites for hydroxylation is 2. The van der Waals surface area contributed by atoms with Gasteiger partial charge in [0, 0.05) is 39.0 Å². The number of carbonyl (C=O) groups is 1. The predicted molar refractivity (Wildman–Crippen MR) is 76.9 cm³/mol. The second-order valence-corrected chi connectivity index (χ2v) is 5.29. The molecule has 1 aromatic rings. The maximum atomic E-state index is 12.6. The molecular weight excluding hydrogens is 256 g/mol. The Bertz CT molecular complexity index is 439. The van der Waals surface area contributed by atoms with Gasteiger partial charge in [-0.1, -0.05) is 0 Å². The van der Waals surface area contributed by atoms with E-state index in [1.54, 1.807) is 7.11 Å². The molecule has 112 valence electrons. The first-order chi connectivity index (χ1) is 9.63. The maximum absolute atomic E-state index is 12.6. The predicted octanol–water partition coefficient (Wildman–Crippen LogP) is 0.821. The van der Waals surface area contributed by atoms with Gasteiger partial charge in [0.25, 0.3) is 5.91 Å². The van der Waals surface area contributed by atoms with E-state index in [-0.39, 0.29) is 5.91 Å². The van der Waals surface area contributed by atoms with E-state index in [0.29, 0.717) is 0 Å². The molecular formula is C14H24N4O2. The normalized spacial score (nSPS) is 17.2. The number of hydrogen-bond acceptors (Lipinski definition) is 4. The molecule has 1 aliphatic rings. The highest BCUT2D eigenvalue weighted by atomic mass is 16.5. The fourth-order valence-electron chi connectivity index (χ4n) is 2.64. The SMILES string of the molecule is COCCN1CCCN(C(=O)c2c(C)n[nH]c2C)CC1. The van der Waals surface area contributed by atoms with Crippen molar-refractivity contribution in [3.05, 3.63) is 17.0 Å². The molecule has 1 fully saturated rings. The van der Waals surface area contributed by atoms with Crippen molar-refractivity contribution in [2.75, 3.05) is 46.4 Å². The Hall–Kier alpha value is -1.40. The summed E-state index contributed by atoms with van der Waals surface area (Å²) in [5, 5.41) is 7.00. The third-order valence-electron chi connectivity index (χ3n) is 3.83. The van der Waals surface area contributed by atoms with Gasteiger partial charge in [0.1, 0.15) is 0 Å². The third-order valence-corrected chi connectivity index (χ3v) is 3.83. The summed E-state index contributed by atoms with van der Waals surface area (Å²) in [5.74, 6) is 0.0994. The van der Waals surface area contributed by atoms with E-state index in [0.717, 1.165) is 62.7 Å². The van der Waals surface area contributed by atoms with Gasteiger partial charge < -0.3 is 9.64 Å². The van der Waals surface area contributed by atoms with Gasteiger partial charge in [-0.25, -0.2) is 0 Å². The van der Waals surface area contributed by atoms with Crippen molar-refractivity contribution in [1.82, 2.24) is 20.0 Å². The number of aromatic amines is 1. The van der Waals surface area contributed by atoms with Crippen LogP contribution >= 0.6 is 0 Å². The molecule has 2 heterocycles. The number of carbonyl (C=O) groups excluding carboxylic acids is 1. The molecule has 2 rings (SSSR count). The quantitative estimate of drug-likeness (QED) is 0.887. The minimum atomic E-state index is 0.0994. The van der Waals surface area contributed by atoms with E-state index in [9.17, 15) is 4.79 Å². The summed E-state index contributed by atoms with van der Waals surface area (Å²) in [4.78, 5) is 16.9. The summed E-state index contributed by atoms with van der Waals surface area (Å²) in [6.45, 7) is 8.96. The minimum Gasteiger partial charge on any atom is -0.383 e. The van der Waals surface area contributed by atoms with Gasteiger partial charge in [0.2, 0.25) is 0 Å². The summed E-state index contributed by atoms with van der Waals surface area (Å²) in [7, 11) is 1.72. The van der Waals surface area contributed by atoms with E-state index in [4.69, 9.17) is 4.74 Å². The summed E-state index contributed by atoms with van der Waals surface area (Å²) in [5.41, 5.74) is 2.37. The molecule has 0 radical (unpaired) electrons. The van der Waals surface area contributed by atoms with Crippen LogP contribution in [0, 0.1) is 13.8 Å². The first-order valence-electron chi connectivity index (χ1n) is 7.15. The van der Waals surface area contributed by atoms with Crippen molar-refractivity contribution in [2.45, 2.75) is 20.3 Å². The van der Waals surface area contributed by atoms with Crippen molar-refractivity contribution in [3.63, 3.8) is 0 Å². The van der Waals surface area contributed by atoms with E-state index in [1.807, 2.05) is 18.7 Å². The second-order valence-electron chi connectivity index (χ2n) is 5.29. The van der Waals surface area contributed by atoms with Gasteiger partial charge >= 0.3 is 0 Å². The number of hydrogen-bond donors (Lipinski definition) is 1. The van der Waals surface area contributed by atoms with Gasteiger partial charge in [-0.3, -0.25) is 14.8 Å². The lowest BCUT2D eigenvalue weighted by atomic mass is 10.1. The Morgan fingerprint density at radius 2 is 2.10 bits per heavy atom. The van der Waals surface area contributed by atoms with Crippen molar-refractivity contribution < 1.29 is 9.53 Å². The Morgan fingerprint density at radius 3 is 2.75 bits per heavy atom. The van der Waals surface area contributed by atoms with E-state index in [2.05, 4.69) is 15.1 Å². The van der Waals surface area contributed by atoms with Crippen LogP contribution in [0.5, 0.6) is 0 Å². The number of methoxy groups -OCH3 is 1. The molecule has 0 bridgehead atoms. The third kappa shape index (κ3) is 3.37. The Kier molecular flexibility index (Phi) is 5.14. The maximum Gasteiger partial charge on any atom is 0.257 e. The van der Waals surface area contributed by atoms with E-state index < -0.39 is 0 Å². The molecule has 0 atom stereocenters. The number of rotatable bonds is 4. The van der Waals surface area contributed by atoms with Crippen LogP contribution in [-0.2, 0) is 4.74 Å². The van der Waals surface area contributed by atoms with Crippen LogP contribution in [0.2, 0.25) is 0 Å². The molecule has 1 aliphatic heterocycles. The van der Waals surface area contributed by atoms with Crippen molar-refractivity contribution in [3.8, 4) is 0 Å². The van der Waals surface area contributed by atoms with Gasteiger partial charge in [-0.15, -0.1) is 0 Å². The zero-order valence-corrected chi connectivity index (χ0v) is 12.6. The molecule has 0 spiro atoms. The molecule has 6 nitrogen and oxygen atoms in total. The van der Waals surface area contributed by atoms with Crippen LogP contribution in [0.4, 0.5) is 0 Å². The first-order valence-corrected chi connectivity index (χ1v) is 7.15. The molecule has 6 heteroatoms. The molecule has 0 unspecified atom stereocenters. The van der Waals surface area contributed by atoms with Gasteiger partial charge in [-0.2, -0.15) is 5.10 Å². The number of nitrogens with zero attached hydrogens (tertiary/aromatic N) is 3. The fraction of sp³-hybridized carbons (Fsp3) is 0.714. The fourth-order valence-corrected chi connectivity index (χ4v) is 2.64. The van der Waals surface area contributed by atoms with Crippen LogP contribution < -0.4 is 0 Å². The molecule has 1 aromatic heterocycles. The smallest absolute Gasteiger partial charge is 0.257 e. The lowest BCUT2D eigenvalue weighted by molar-refractivity contribution is 0.0758. The average molecular weight is 280 g/mol. The first kappa shape index (κ1) is 15.0. The molecule has 1 saturated heterocycles. The Labute approximate surface area is 120 Å². The standard InChI is InChI=1S/C14H24N4O2/c1-11-13(12(2)16-15-11)14(19)18-6-4-5-17(7-8-18)9-10-20-3/h4-10H2,1-3H3,(H,15,16). The summed E-state index contributed by atoms with van der Waals surface area (Å²) < 4.78 is 5.12. The minimum absolute atomic E-state index is 0.0994. The van der Waals surface area contributed by atoms with Gasteiger partial charge in [0.15, 0.2) is 0 Å². The lowest BCUT2D eigenvalue weighted by Crippen LogP contribution is -2.36. The number of aromatic nitrogens is 2. The van der Waals surface area contributed by atoms with Crippen molar-refractivity contribution in [2.24, 2.45) is 0 Å². The highest BCUT2D eigenvalue weighted by molar-refractivity contribution is 5.96. The van der Waals surface area contributed by atoms with Crippen LogP contribution in [-0.4, -0.2) is 72.3 Å². The van der Waals surface area contributed by atoms with Crippen LogP contribution in [0.25, 0.3) is 0 Å².